The van der Waals surface area contributed by atoms with Crippen LogP contribution in [0.25, 0.3) is 0 Å². The van der Waals surface area contributed by atoms with E-state index in [-0.39, 0.29) is 11.9 Å². The molecule has 1 aliphatic heterocycles. The lowest BCUT2D eigenvalue weighted by Crippen LogP contribution is -2.48. The van der Waals surface area contributed by atoms with Gasteiger partial charge in [0.2, 0.25) is 5.91 Å². The van der Waals surface area contributed by atoms with Gasteiger partial charge in [0.1, 0.15) is 29.7 Å². The number of likely N-dealkylation sites (N-methyl/N-ethyl adjacent to an activating group) is 1. The van der Waals surface area contributed by atoms with Crippen LogP contribution in [-0.2, 0) is 17.9 Å². The van der Waals surface area contributed by atoms with Crippen LogP contribution in [0.4, 0.5) is 11.5 Å². The van der Waals surface area contributed by atoms with Gasteiger partial charge in [-0.15, -0.1) is 10.2 Å². The molecular weight excluding hydrogens is 296 g/mol. The van der Waals surface area contributed by atoms with Gasteiger partial charge < -0.3 is 14.8 Å². The number of carbonyl (C=O) groups excluding carboxylic acids is 1. The summed E-state index contributed by atoms with van der Waals surface area (Å²) in [6, 6.07) is -0.299. The van der Waals surface area contributed by atoms with Crippen molar-refractivity contribution in [1.29, 1.82) is 0 Å². The van der Waals surface area contributed by atoms with Crippen molar-refractivity contribution in [3.8, 4) is 0 Å². The molecule has 1 unspecified atom stereocenters. The van der Waals surface area contributed by atoms with E-state index in [1.165, 1.54) is 6.33 Å². The predicted octanol–water partition coefficient (Wildman–Crippen LogP) is -0.105. The highest BCUT2D eigenvalue weighted by molar-refractivity contribution is 5.97. The first-order valence-corrected chi connectivity index (χ1v) is 7.34. The van der Waals surface area contributed by atoms with Gasteiger partial charge in [-0.2, -0.15) is 0 Å². The highest BCUT2D eigenvalue weighted by Crippen LogP contribution is 2.21. The van der Waals surface area contributed by atoms with Crippen molar-refractivity contribution in [2.45, 2.75) is 26.1 Å². The van der Waals surface area contributed by atoms with Gasteiger partial charge in [0.15, 0.2) is 5.82 Å². The number of aromatic nitrogens is 5. The molecule has 0 bridgehead atoms. The van der Waals surface area contributed by atoms with Crippen LogP contribution in [0.3, 0.4) is 0 Å². The summed E-state index contributed by atoms with van der Waals surface area (Å²) in [5.41, 5.74) is 0.599. The number of hydrogen-bond donors (Lipinski definition) is 1. The fourth-order valence-corrected chi connectivity index (χ4v) is 2.69. The predicted molar refractivity (Wildman–Crippen MR) is 85.0 cm³/mol. The quantitative estimate of drug-likeness (QED) is 0.845. The van der Waals surface area contributed by atoms with Gasteiger partial charge in [-0.1, -0.05) is 0 Å². The lowest BCUT2D eigenvalue weighted by atomic mass is 10.2. The Morgan fingerprint density at radius 2 is 2.17 bits per heavy atom. The van der Waals surface area contributed by atoms with E-state index in [9.17, 15) is 4.79 Å². The summed E-state index contributed by atoms with van der Waals surface area (Å²) in [7, 11) is 5.65. The molecule has 0 saturated carbocycles. The van der Waals surface area contributed by atoms with Gasteiger partial charge >= 0.3 is 0 Å². The normalized spacial score (nSPS) is 17.7. The van der Waals surface area contributed by atoms with E-state index in [1.807, 2.05) is 42.4 Å². The van der Waals surface area contributed by atoms with Crippen LogP contribution >= 0.6 is 0 Å². The average molecular weight is 316 g/mol. The van der Waals surface area contributed by atoms with E-state index < -0.39 is 0 Å². The first kappa shape index (κ1) is 15.3. The summed E-state index contributed by atoms with van der Waals surface area (Å²) in [6.45, 7) is 3.01. The Morgan fingerprint density at radius 3 is 2.91 bits per heavy atom. The number of rotatable bonds is 3. The van der Waals surface area contributed by atoms with Crippen LogP contribution in [0, 0.1) is 6.92 Å². The van der Waals surface area contributed by atoms with Crippen LogP contribution < -0.4 is 10.2 Å². The first-order chi connectivity index (χ1) is 11.0. The zero-order valence-corrected chi connectivity index (χ0v) is 13.7. The molecule has 0 aliphatic carbocycles. The maximum Gasteiger partial charge on any atom is 0.243 e. The molecule has 0 radical (unpaired) electrons. The van der Waals surface area contributed by atoms with Crippen molar-refractivity contribution in [2.24, 2.45) is 0 Å². The van der Waals surface area contributed by atoms with Crippen LogP contribution in [-0.4, -0.2) is 62.7 Å². The molecule has 0 aromatic carbocycles. The average Bonchev–Trinajstić information content (AvgIpc) is 2.87. The minimum Gasteiger partial charge on any atom is -0.361 e. The van der Waals surface area contributed by atoms with Crippen LogP contribution in [0.15, 0.2) is 12.5 Å². The van der Waals surface area contributed by atoms with Gasteiger partial charge in [0, 0.05) is 14.1 Å². The third-order valence-electron chi connectivity index (χ3n) is 3.97. The molecule has 23 heavy (non-hydrogen) atoms. The van der Waals surface area contributed by atoms with Gasteiger partial charge in [-0.05, 0) is 14.0 Å². The Balaban J connectivity index is 1.80. The molecule has 1 N–H and O–H groups in total. The Bertz CT molecular complexity index is 725. The van der Waals surface area contributed by atoms with E-state index in [0.29, 0.717) is 24.6 Å². The molecule has 2 aromatic rings. The summed E-state index contributed by atoms with van der Waals surface area (Å²) < 4.78 is 1.98. The van der Waals surface area contributed by atoms with Crippen molar-refractivity contribution in [1.82, 2.24) is 29.6 Å². The van der Waals surface area contributed by atoms with Crippen LogP contribution in [0.5, 0.6) is 0 Å². The zero-order chi connectivity index (χ0) is 16.6. The van der Waals surface area contributed by atoms with Gasteiger partial charge in [0.05, 0.1) is 19.3 Å². The fourth-order valence-electron chi connectivity index (χ4n) is 2.69. The minimum absolute atomic E-state index is 0.0934. The summed E-state index contributed by atoms with van der Waals surface area (Å²) in [5, 5.41) is 11.1. The summed E-state index contributed by atoms with van der Waals surface area (Å²) in [4.78, 5) is 24.7. The smallest absolute Gasteiger partial charge is 0.243 e. The molecule has 3 heterocycles. The summed E-state index contributed by atoms with van der Waals surface area (Å²) >= 11 is 0. The number of hydrogen-bond acceptors (Lipinski definition) is 7. The molecule has 3 rings (SSSR count). The largest absolute Gasteiger partial charge is 0.361 e. The zero-order valence-electron chi connectivity index (χ0n) is 13.7. The molecule has 9 heteroatoms. The van der Waals surface area contributed by atoms with Gasteiger partial charge in [0.25, 0.3) is 0 Å². The maximum absolute atomic E-state index is 12.7. The topological polar surface area (TPSA) is 92.1 Å². The van der Waals surface area contributed by atoms with Gasteiger partial charge in [-0.25, -0.2) is 9.97 Å². The second kappa shape index (κ2) is 5.92. The van der Waals surface area contributed by atoms with Crippen molar-refractivity contribution in [3.05, 3.63) is 24.2 Å². The van der Waals surface area contributed by atoms with Crippen molar-refractivity contribution in [3.63, 3.8) is 0 Å². The number of nitrogens with one attached hydrogen (secondary N) is 1. The second-order valence-electron chi connectivity index (χ2n) is 5.85. The maximum atomic E-state index is 12.7. The lowest BCUT2D eigenvalue weighted by Gasteiger charge is -2.32. The fraction of sp³-hybridized carbons (Fsp3) is 0.500. The Labute approximate surface area is 134 Å². The molecule has 0 saturated heterocycles. The van der Waals surface area contributed by atoms with Crippen molar-refractivity contribution >= 4 is 17.4 Å². The van der Waals surface area contributed by atoms with Crippen molar-refractivity contribution < 1.29 is 4.79 Å². The summed E-state index contributed by atoms with van der Waals surface area (Å²) in [6.07, 6.45) is 3.07. The SMILES string of the molecule is Cc1nnc2n1CC(C(=O)Nc1cncnc1N(C)C)N(C)C2. The summed E-state index contributed by atoms with van der Waals surface area (Å²) in [5.74, 6) is 2.28. The Morgan fingerprint density at radius 1 is 1.39 bits per heavy atom. The number of anilines is 2. The van der Waals surface area contributed by atoms with E-state index in [4.69, 9.17) is 0 Å². The molecule has 1 amide bonds. The molecular formula is C14H20N8O. The number of aryl methyl sites for hydroxylation is 1. The van der Waals surface area contributed by atoms with Gasteiger partial charge in [-0.3, -0.25) is 9.69 Å². The standard InChI is InChI=1S/C14H20N8O/c1-9-18-19-12-7-21(4)11(6-22(9)12)14(23)17-10-5-15-8-16-13(10)20(2)3/h5,8,11H,6-7H2,1-4H3,(H,17,23). The molecule has 1 aliphatic rings. The van der Waals surface area contributed by atoms with E-state index in [1.54, 1.807) is 6.20 Å². The van der Waals surface area contributed by atoms with Crippen LogP contribution in [0.1, 0.15) is 11.6 Å². The number of carbonyl (C=O) groups is 1. The molecule has 2 aromatic heterocycles. The molecule has 122 valence electrons. The Hall–Kier alpha value is -2.55. The number of amides is 1. The third kappa shape index (κ3) is 2.87. The molecule has 9 nitrogen and oxygen atoms in total. The first-order valence-electron chi connectivity index (χ1n) is 7.34. The lowest BCUT2D eigenvalue weighted by molar-refractivity contribution is -0.122. The molecule has 0 fully saturated rings. The van der Waals surface area contributed by atoms with E-state index in [2.05, 4.69) is 25.5 Å². The molecule has 0 spiro atoms. The highest BCUT2D eigenvalue weighted by atomic mass is 16.2. The third-order valence-corrected chi connectivity index (χ3v) is 3.97. The number of fused-ring (bicyclic) bond motifs is 1. The van der Waals surface area contributed by atoms with E-state index >= 15 is 0 Å². The van der Waals surface area contributed by atoms with Crippen LogP contribution in [0.2, 0.25) is 0 Å². The van der Waals surface area contributed by atoms with Crippen molar-refractivity contribution in [2.75, 3.05) is 31.4 Å². The van der Waals surface area contributed by atoms with E-state index in [0.717, 1.165) is 11.6 Å². The Kier molecular flexibility index (Phi) is 3.95. The highest BCUT2D eigenvalue weighted by Gasteiger charge is 2.31. The number of nitrogens with zero attached hydrogens (tertiary/aromatic N) is 7. The monoisotopic (exact) mass is 316 g/mol. The molecule has 1 atom stereocenters. The minimum atomic E-state index is -0.299. The second-order valence-corrected chi connectivity index (χ2v) is 5.85.